The third-order valence-electron chi connectivity index (χ3n) is 1.82. The zero-order chi connectivity index (χ0) is 10.1. The SMILES string of the molecule is Cn1nccc1-c1scnc1C(=O)O. The number of hydrogen-bond acceptors (Lipinski definition) is 4. The van der Waals surface area contributed by atoms with Gasteiger partial charge in [-0.05, 0) is 6.07 Å². The predicted molar refractivity (Wildman–Crippen MR) is 51.3 cm³/mol. The maximum Gasteiger partial charge on any atom is 0.356 e. The van der Waals surface area contributed by atoms with Crippen LogP contribution in [0.25, 0.3) is 10.6 Å². The highest BCUT2D eigenvalue weighted by molar-refractivity contribution is 7.13. The van der Waals surface area contributed by atoms with E-state index in [9.17, 15) is 4.79 Å². The Bertz CT molecular complexity index is 474. The number of aromatic carboxylic acids is 1. The first-order valence-electron chi connectivity index (χ1n) is 3.85. The molecule has 0 bridgehead atoms. The quantitative estimate of drug-likeness (QED) is 0.808. The van der Waals surface area contributed by atoms with Gasteiger partial charge in [-0.15, -0.1) is 11.3 Å². The predicted octanol–water partition coefficient (Wildman–Crippen LogP) is 1.24. The van der Waals surface area contributed by atoms with E-state index in [4.69, 9.17) is 5.11 Å². The maximum atomic E-state index is 10.8. The Kier molecular flexibility index (Phi) is 2.05. The van der Waals surface area contributed by atoms with E-state index in [1.165, 1.54) is 16.8 Å². The van der Waals surface area contributed by atoms with Gasteiger partial charge in [0.05, 0.1) is 16.1 Å². The van der Waals surface area contributed by atoms with Gasteiger partial charge in [0, 0.05) is 13.2 Å². The molecule has 6 heteroatoms. The van der Waals surface area contributed by atoms with E-state index < -0.39 is 5.97 Å². The van der Waals surface area contributed by atoms with Gasteiger partial charge in [0.2, 0.25) is 0 Å². The Morgan fingerprint density at radius 1 is 1.64 bits per heavy atom. The highest BCUT2D eigenvalue weighted by atomic mass is 32.1. The summed E-state index contributed by atoms with van der Waals surface area (Å²) in [4.78, 5) is 15.2. The van der Waals surface area contributed by atoms with Crippen molar-refractivity contribution in [1.82, 2.24) is 14.8 Å². The summed E-state index contributed by atoms with van der Waals surface area (Å²) < 4.78 is 1.62. The Balaban J connectivity index is 2.57. The van der Waals surface area contributed by atoms with Crippen LogP contribution < -0.4 is 0 Å². The average Bonchev–Trinajstić information content (AvgIpc) is 2.70. The summed E-state index contributed by atoms with van der Waals surface area (Å²) in [6, 6.07) is 1.76. The minimum Gasteiger partial charge on any atom is -0.476 e. The van der Waals surface area contributed by atoms with Gasteiger partial charge in [-0.3, -0.25) is 4.68 Å². The zero-order valence-corrected chi connectivity index (χ0v) is 8.15. The highest BCUT2D eigenvalue weighted by Gasteiger charge is 2.16. The molecule has 5 nitrogen and oxygen atoms in total. The number of nitrogens with zero attached hydrogens (tertiary/aromatic N) is 3. The van der Waals surface area contributed by atoms with Crippen LogP contribution in [0.2, 0.25) is 0 Å². The van der Waals surface area contributed by atoms with Crippen molar-refractivity contribution >= 4 is 17.3 Å². The molecule has 0 aliphatic rings. The Morgan fingerprint density at radius 3 is 3.00 bits per heavy atom. The molecule has 0 atom stereocenters. The fourth-order valence-electron chi connectivity index (χ4n) is 1.18. The van der Waals surface area contributed by atoms with Gasteiger partial charge in [-0.2, -0.15) is 5.10 Å². The normalized spacial score (nSPS) is 10.4. The topological polar surface area (TPSA) is 68.0 Å². The van der Waals surface area contributed by atoms with E-state index in [-0.39, 0.29) is 5.69 Å². The van der Waals surface area contributed by atoms with E-state index in [0.717, 1.165) is 5.69 Å². The van der Waals surface area contributed by atoms with Crippen molar-refractivity contribution in [2.24, 2.45) is 7.05 Å². The van der Waals surface area contributed by atoms with Crippen molar-refractivity contribution in [2.45, 2.75) is 0 Å². The molecule has 2 heterocycles. The minimum absolute atomic E-state index is 0.0820. The summed E-state index contributed by atoms with van der Waals surface area (Å²) in [7, 11) is 1.76. The Hall–Kier alpha value is -1.69. The lowest BCUT2D eigenvalue weighted by atomic mass is 10.3. The lowest BCUT2D eigenvalue weighted by Gasteiger charge is -1.98. The van der Waals surface area contributed by atoms with Gasteiger partial charge in [-0.25, -0.2) is 9.78 Å². The Morgan fingerprint density at radius 2 is 2.43 bits per heavy atom. The van der Waals surface area contributed by atoms with Crippen LogP contribution in [0.15, 0.2) is 17.8 Å². The van der Waals surface area contributed by atoms with Crippen molar-refractivity contribution in [3.05, 3.63) is 23.5 Å². The number of hydrogen-bond donors (Lipinski definition) is 1. The highest BCUT2D eigenvalue weighted by Crippen LogP contribution is 2.26. The van der Waals surface area contributed by atoms with Crippen molar-refractivity contribution < 1.29 is 9.90 Å². The molecule has 0 spiro atoms. The molecule has 0 aliphatic carbocycles. The van der Waals surface area contributed by atoms with Crippen LogP contribution in [0, 0.1) is 0 Å². The standard InChI is InChI=1S/C8H7N3O2S/c1-11-5(2-3-10-11)7-6(8(12)13)9-4-14-7/h2-4H,1H3,(H,12,13). The van der Waals surface area contributed by atoms with Crippen LogP contribution in [-0.4, -0.2) is 25.8 Å². The summed E-state index contributed by atoms with van der Waals surface area (Å²) in [6.45, 7) is 0. The van der Waals surface area contributed by atoms with Crippen molar-refractivity contribution in [1.29, 1.82) is 0 Å². The molecule has 14 heavy (non-hydrogen) atoms. The van der Waals surface area contributed by atoms with Gasteiger partial charge in [0.15, 0.2) is 5.69 Å². The first-order valence-corrected chi connectivity index (χ1v) is 4.73. The van der Waals surface area contributed by atoms with E-state index in [0.29, 0.717) is 4.88 Å². The van der Waals surface area contributed by atoms with Crippen LogP contribution in [-0.2, 0) is 7.05 Å². The van der Waals surface area contributed by atoms with Crippen LogP contribution in [0.5, 0.6) is 0 Å². The second-order valence-corrected chi connectivity index (χ2v) is 3.53. The molecule has 0 fully saturated rings. The van der Waals surface area contributed by atoms with Gasteiger partial charge in [-0.1, -0.05) is 0 Å². The summed E-state index contributed by atoms with van der Waals surface area (Å²) in [6.07, 6.45) is 1.63. The van der Waals surface area contributed by atoms with Gasteiger partial charge >= 0.3 is 5.97 Å². The molecule has 1 N–H and O–H groups in total. The number of aromatic nitrogens is 3. The first-order chi connectivity index (χ1) is 6.70. The average molecular weight is 209 g/mol. The maximum absolute atomic E-state index is 10.8. The number of rotatable bonds is 2. The fourth-order valence-corrected chi connectivity index (χ4v) is 2.01. The molecule has 0 aliphatic heterocycles. The van der Waals surface area contributed by atoms with Crippen molar-refractivity contribution in [3.8, 4) is 10.6 Å². The van der Waals surface area contributed by atoms with Gasteiger partial charge in [0.25, 0.3) is 0 Å². The number of thiazole rings is 1. The third kappa shape index (κ3) is 1.29. The Labute approximate surface area is 83.6 Å². The lowest BCUT2D eigenvalue weighted by molar-refractivity contribution is 0.0692. The molecule has 0 aromatic carbocycles. The number of carboxylic acid groups (broad SMARTS) is 1. The van der Waals surface area contributed by atoms with Crippen molar-refractivity contribution in [2.75, 3.05) is 0 Å². The van der Waals surface area contributed by atoms with Gasteiger partial charge in [0.1, 0.15) is 0 Å². The molecule has 0 saturated carbocycles. The fraction of sp³-hybridized carbons (Fsp3) is 0.125. The largest absolute Gasteiger partial charge is 0.476 e. The van der Waals surface area contributed by atoms with E-state index in [1.807, 2.05) is 0 Å². The minimum atomic E-state index is -1.01. The molecule has 2 rings (SSSR count). The van der Waals surface area contributed by atoms with Crippen LogP contribution in [0.1, 0.15) is 10.5 Å². The summed E-state index contributed by atoms with van der Waals surface area (Å²) in [5, 5.41) is 12.8. The molecular weight excluding hydrogens is 202 g/mol. The summed E-state index contributed by atoms with van der Waals surface area (Å²) in [5.74, 6) is -1.01. The molecule has 0 unspecified atom stereocenters. The molecule has 0 radical (unpaired) electrons. The van der Waals surface area contributed by atoms with E-state index in [2.05, 4.69) is 10.1 Å². The van der Waals surface area contributed by atoms with Crippen LogP contribution >= 0.6 is 11.3 Å². The molecule has 2 aromatic rings. The third-order valence-corrected chi connectivity index (χ3v) is 2.67. The van der Waals surface area contributed by atoms with Crippen molar-refractivity contribution in [3.63, 3.8) is 0 Å². The molecule has 2 aromatic heterocycles. The first kappa shape index (κ1) is 8.89. The summed E-state index contributed by atoms with van der Waals surface area (Å²) in [5.41, 5.74) is 2.37. The zero-order valence-electron chi connectivity index (χ0n) is 7.34. The summed E-state index contributed by atoms with van der Waals surface area (Å²) >= 11 is 1.30. The van der Waals surface area contributed by atoms with E-state index in [1.54, 1.807) is 24.0 Å². The lowest BCUT2D eigenvalue weighted by Crippen LogP contribution is -2.00. The molecular formula is C8H7N3O2S. The monoisotopic (exact) mass is 209 g/mol. The second kappa shape index (κ2) is 3.22. The van der Waals surface area contributed by atoms with Crippen LogP contribution in [0.4, 0.5) is 0 Å². The number of carbonyl (C=O) groups is 1. The molecule has 72 valence electrons. The second-order valence-electron chi connectivity index (χ2n) is 2.68. The molecule has 0 saturated heterocycles. The number of aryl methyl sites for hydroxylation is 1. The van der Waals surface area contributed by atoms with E-state index >= 15 is 0 Å². The molecule has 0 amide bonds. The number of carboxylic acids is 1. The van der Waals surface area contributed by atoms with Gasteiger partial charge < -0.3 is 5.11 Å². The smallest absolute Gasteiger partial charge is 0.356 e. The van der Waals surface area contributed by atoms with Crippen LogP contribution in [0.3, 0.4) is 0 Å².